The van der Waals surface area contributed by atoms with Gasteiger partial charge >= 0.3 is 150 Å². The van der Waals surface area contributed by atoms with Gasteiger partial charge in [0.1, 0.15) is 0 Å². The summed E-state index contributed by atoms with van der Waals surface area (Å²) in [4.78, 5) is 34.4. The molecule has 0 aliphatic carbocycles. The number of aromatic nitrogens is 1. The van der Waals surface area contributed by atoms with Crippen molar-refractivity contribution in [2.75, 3.05) is 19.0 Å². The Kier molecular flexibility index (Phi) is 7.02. The second-order valence-electron chi connectivity index (χ2n) is 5.33. The van der Waals surface area contributed by atoms with Crippen LogP contribution in [0, 0.1) is 11.8 Å². The average Bonchev–Trinajstić information content (AvgIpc) is 2.88. The van der Waals surface area contributed by atoms with Crippen LogP contribution < -0.4 is 10.9 Å². The van der Waals surface area contributed by atoms with E-state index in [1.807, 2.05) is 28.7 Å². The van der Waals surface area contributed by atoms with Gasteiger partial charge in [-0.3, -0.25) is 0 Å². The molecular formula is C15H19ClN4O3Se. The van der Waals surface area contributed by atoms with E-state index in [1.54, 1.807) is 0 Å². The molecule has 0 bridgehead atoms. The van der Waals surface area contributed by atoms with Crippen LogP contribution in [0.4, 0.5) is 4.79 Å². The first kappa shape index (κ1) is 18.7. The molecule has 2 aromatic rings. The number of nitrogens with zero attached hydrogens (tertiary/aromatic N) is 3. The van der Waals surface area contributed by atoms with Crippen LogP contribution in [-0.4, -0.2) is 48.3 Å². The van der Waals surface area contributed by atoms with Gasteiger partial charge in [-0.05, 0) is 0 Å². The summed E-state index contributed by atoms with van der Waals surface area (Å²) in [6.07, 6.45) is 1.50. The summed E-state index contributed by atoms with van der Waals surface area (Å²) in [7, 11) is 0. The third-order valence-corrected chi connectivity index (χ3v) is 6.02. The fourth-order valence-corrected chi connectivity index (χ4v) is 4.54. The third kappa shape index (κ3) is 4.69. The number of nitrogens with one attached hydrogen (secondary N) is 1. The van der Waals surface area contributed by atoms with Gasteiger partial charge < -0.3 is 0 Å². The molecule has 0 fully saturated rings. The van der Waals surface area contributed by atoms with Gasteiger partial charge in [0.25, 0.3) is 0 Å². The summed E-state index contributed by atoms with van der Waals surface area (Å²) in [5.41, 5.74) is 1.18. The number of nitroso groups, excluding NO2 is 1. The summed E-state index contributed by atoms with van der Waals surface area (Å²) < 4.78 is 3.01. The van der Waals surface area contributed by atoms with E-state index in [0.29, 0.717) is 19.5 Å². The van der Waals surface area contributed by atoms with Crippen molar-refractivity contribution < 1.29 is 4.79 Å². The van der Waals surface area contributed by atoms with E-state index < -0.39 is 6.03 Å². The van der Waals surface area contributed by atoms with E-state index in [-0.39, 0.29) is 32.7 Å². The molecule has 0 aliphatic rings. The molecule has 1 aromatic carbocycles. The normalized spacial score (nSPS) is 10.8. The van der Waals surface area contributed by atoms with Gasteiger partial charge in [0, 0.05) is 0 Å². The van der Waals surface area contributed by atoms with Crippen molar-refractivity contribution in [3.63, 3.8) is 0 Å². The van der Waals surface area contributed by atoms with Crippen LogP contribution in [0.3, 0.4) is 0 Å². The molecule has 2 amide bonds. The molecule has 0 saturated heterocycles. The number of aryl methyl sites for hydroxylation is 2. The van der Waals surface area contributed by atoms with Crippen molar-refractivity contribution in [1.82, 2.24) is 13.9 Å². The molecule has 0 spiro atoms. The zero-order valence-corrected chi connectivity index (χ0v) is 15.8. The Bertz CT molecular complexity index is 774. The minimum atomic E-state index is -0.546. The first-order valence-electron chi connectivity index (χ1n) is 7.62. The second-order valence-corrected chi connectivity index (χ2v) is 7.94. The van der Waals surface area contributed by atoms with Gasteiger partial charge in [-0.15, -0.1) is 0 Å². The van der Waals surface area contributed by atoms with Gasteiger partial charge in [-0.2, -0.15) is 0 Å². The Balaban J connectivity index is 1.81. The molecule has 1 N–H and O–H groups in total. The molecule has 9 heteroatoms. The number of benzene rings is 1. The van der Waals surface area contributed by atoms with Crippen LogP contribution in [-0.2, 0) is 6.54 Å². The number of urea groups is 1. The van der Waals surface area contributed by atoms with E-state index in [1.165, 1.54) is 0 Å². The van der Waals surface area contributed by atoms with Gasteiger partial charge in [0.2, 0.25) is 0 Å². The zero-order chi connectivity index (χ0) is 17.5. The van der Waals surface area contributed by atoms with E-state index in [0.717, 1.165) is 26.6 Å². The number of carbonyl (C=O) groups excluding carboxylic acids is 1. The molecule has 24 heavy (non-hydrogen) atoms. The second kappa shape index (κ2) is 9.01. The molecule has 2 rings (SSSR count). The van der Waals surface area contributed by atoms with Gasteiger partial charge in [-0.1, -0.05) is 0 Å². The van der Waals surface area contributed by atoms with E-state index >= 15 is 0 Å². The van der Waals surface area contributed by atoms with Gasteiger partial charge in [0.05, 0.1) is 0 Å². The van der Waals surface area contributed by atoms with Gasteiger partial charge in [0.15, 0.2) is 0 Å². The summed E-state index contributed by atoms with van der Waals surface area (Å²) in [6, 6.07) is 5.45. The molecule has 1 heterocycles. The van der Waals surface area contributed by atoms with Crippen molar-refractivity contribution in [2.45, 2.75) is 26.3 Å². The fraction of sp³-hybridized carbons (Fsp3) is 0.467. The van der Waals surface area contributed by atoms with Crippen molar-refractivity contribution >= 4 is 42.0 Å². The quantitative estimate of drug-likeness (QED) is 0.235. The van der Waals surface area contributed by atoms with Gasteiger partial charge in [-0.25, -0.2) is 0 Å². The molecule has 0 atom stereocenters. The molecular weight excluding hydrogens is 399 g/mol. The SMILES string of the molecule is Cc1ccc2[se]n(CCCCNC(=O)N(CCCl)N=O)c(=O)c2c1. The van der Waals surface area contributed by atoms with E-state index in [4.69, 9.17) is 11.6 Å². The molecule has 0 radical (unpaired) electrons. The molecule has 0 saturated carbocycles. The van der Waals surface area contributed by atoms with Crippen molar-refractivity contribution in [3.05, 3.63) is 39.0 Å². The minimum absolute atomic E-state index is 0.0297. The number of hydrogen-bond acceptors (Lipinski definition) is 4. The van der Waals surface area contributed by atoms with Crippen molar-refractivity contribution in [3.8, 4) is 0 Å². The first-order valence-corrected chi connectivity index (χ1v) is 9.77. The predicted octanol–water partition coefficient (Wildman–Crippen LogP) is 2.08. The molecule has 130 valence electrons. The standard InChI is InChI=1S/C15H19ClN4O3Se/c1-11-4-5-13-12(10-11)14(21)20(24-13)8-3-2-7-17-15(22)19(18-23)9-6-16/h4-5,10H,2-3,6-9H2,1H3,(H,17,22). The number of halogens is 1. The third-order valence-electron chi connectivity index (χ3n) is 3.49. The van der Waals surface area contributed by atoms with Crippen LogP contribution in [0.25, 0.3) is 9.65 Å². The maximum atomic E-state index is 12.3. The zero-order valence-electron chi connectivity index (χ0n) is 13.3. The number of rotatable bonds is 8. The Hall–Kier alpha value is -1.63. The van der Waals surface area contributed by atoms with Crippen LogP contribution in [0.2, 0.25) is 0 Å². The summed E-state index contributed by atoms with van der Waals surface area (Å²) in [6.45, 7) is 3.15. The Morgan fingerprint density at radius 3 is 2.92 bits per heavy atom. The first-order chi connectivity index (χ1) is 11.6. The number of hydrogen-bond donors (Lipinski definition) is 1. The topological polar surface area (TPSA) is 83.8 Å². The Morgan fingerprint density at radius 2 is 2.21 bits per heavy atom. The molecule has 0 unspecified atom stereocenters. The van der Waals surface area contributed by atoms with Crippen LogP contribution >= 0.6 is 11.6 Å². The number of carbonyl (C=O) groups is 1. The molecule has 0 aliphatic heterocycles. The van der Waals surface area contributed by atoms with Crippen LogP contribution in [0.1, 0.15) is 18.4 Å². The summed E-state index contributed by atoms with van der Waals surface area (Å²) in [5.74, 6) is 0.151. The average molecular weight is 418 g/mol. The van der Waals surface area contributed by atoms with Crippen LogP contribution in [0.5, 0.6) is 0 Å². The molecule has 1 aromatic heterocycles. The summed E-state index contributed by atoms with van der Waals surface area (Å²) in [5, 5.41) is 6.81. The van der Waals surface area contributed by atoms with Crippen LogP contribution in [0.15, 0.2) is 28.3 Å². The summed E-state index contributed by atoms with van der Waals surface area (Å²) >= 11 is 5.51. The van der Waals surface area contributed by atoms with E-state index in [9.17, 15) is 14.5 Å². The maximum absolute atomic E-state index is 12.3. The molecule has 7 nitrogen and oxygen atoms in total. The number of unbranched alkanes of at least 4 members (excludes halogenated alkanes) is 1. The van der Waals surface area contributed by atoms with E-state index in [2.05, 4.69) is 10.6 Å². The monoisotopic (exact) mass is 418 g/mol. The van der Waals surface area contributed by atoms with Crippen molar-refractivity contribution in [1.29, 1.82) is 0 Å². The predicted molar refractivity (Wildman–Crippen MR) is 95.7 cm³/mol. The Morgan fingerprint density at radius 1 is 1.42 bits per heavy atom. The Labute approximate surface area is 150 Å². The van der Waals surface area contributed by atoms with Crippen molar-refractivity contribution in [2.24, 2.45) is 5.29 Å². The number of alkyl halides is 1. The fourth-order valence-electron chi connectivity index (χ4n) is 2.26. The number of fused-ring (bicyclic) bond motifs is 1. The number of amides is 2.